The second-order valence-corrected chi connectivity index (χ2v) is 14.9. The molecule has 0 radical (unpaired) electrons. The molecule has 0 bridgehead atoms. The van der Waals surface area contributed by atoms with Crippen LogP contribution in [-0.4, -0.2) is 9.13 Å². The van der Waals surface area contributed by atoms with Gasteiger partial charge in [-0.05, 0) is 83.9 Å². The number of hydrogen-bond acceptors (Lipinski definition) is 4. The highest BCUT2D eigenvalue weighted by Gasteiger charge is 2.32. The molecule has 60 heavy (non-hydrogen) atoms. The molecule has 4 heterocycles. The maximum absolute atomic E-state index is 14.0. The molecule has 6 nitrogen and oxygen atoms in total. The molecule has 0 aliphatic rings. The third kappa shape index (κ3) is 4.57. The molecule has 282 valence electrons. The molecule has 0 aliphatic carbocycles. The van der Waals surface area contributed by atoms with Crippen LogP contribution in [0.2, 0.25) is 0 Å². The quantitative estimate of drug-likeness (QED) is 0.179. The fraction of sp³-hybridized carbons (Fsp3) is 0.0196. The molecule has 8 aromatic carbocycles. The molecule has 12 rings (SSSR count). The minimum Gasteiger partial charge on any atom is -0.456 e. The number of nitrogens with zero attached hydrogens (tertiary/aromatic N) is 4. The average molecular weight is 783 g/mol. The monoisotopic (exact) mass is 782 g/mol. The van der Waals surface area contributed by atoms with Crippen LogP contribution < -0.4 is 0 Å². The number of aromatic nitrogens is 2. The van der Waals surface area contributed by atoms with E-state index in [1.54, 1.807) is 0 Å². The highest BCUT2D eigenvalue weighted by atomic mass is 19.4. The van der Waals surface area contributed by atoms with Crippen molar-refractivity contribution in [3.8, 4) is 34.6 Å². The van der Waals surface area contributed by atoms with Crippen LogP contribution in [-0.2, 0) is 6.18 Å². The lowest BCUT2D eigenvalue weighted by Gasteiger charge is -2.19. The molecule has 0 unspecified atom stereocenters. The third-order valence-electron chi connectivity index (χ3n) is 11.8. The predicted molar refractivity (Wildman–Crippen MR) is 230 cm³/mol. The number of para-hydroxylation sites is 4. The fourth-order valence-electron chi connectivity index (χ4n) is 9.37. The molecule has 0 saturated heterocycles. The summed E-state index contributed by atoms with van der Waals surface area (Å²) >= 11 is 0. The lowest BCUT2D eigenvalue weighted by Crippen LogP contribution is -2.07. The van der Waals surface area contributed by atoms with Gasteiger partial charge < -0.3 is 18.0 Å². The van der Waals surface area contributed by atoms with Crippen LogP contribution in [0, 0.1) is 22.7 Å². The van der Waals surface area contributed by atoms with Crippen molar-refractivity contribution in [1.29, 1.82) is 10.5 Å². The van der Waals surface area contributed by atoms with Gasteiger partial charge >= 0.3 is 6.18 Å². The minimum atomic E-state index is -4.65. The van der Waals surface area contributed by atoms with Gasteiger partial charge in [-0.1, -0.05) is 78.9 Å². The first-order valence-electron chi connectivity index (χ1n) is 19.2. The van der Waals surface area contributed by atoms with Gasteiger partial charge in [-0.25, -0.2) is 0 Å². The Balaban J connectivity index is 1.26. The van der Waals surface area contributed by atoms with Crippen LogP contribution in [0.3, 0.4) is 0 Å². The van der Waals surface area contributed by atoms with Crippen LogP contribution in [0.1, 0.15) is 16.7 Å². The van der Waals surface area contributed by atoms with Gasteiger partial charge in [-0.3, -0.25) is 0 Å². The summed E-state index contributed by atoms with van der Waals surface area (Å²) in [7, 11) is 0. The molecule has 12 aromatic rings. The van der Waals surface area contributed by atoms with Crippen LogP contribution in [0.25, 0.3) is 110 Å². The van der Waals surface area contributed by atoms with Crippen molar-refractivity contribution in [2.24, 2.45) is 0 Å². The highest BCUT2D eigenvalue weighted by Crippen LogP contribution is 2.46. The maximum atomic E-state index is 14.0. The first-order valence-corrected chi connectivity index (χ1v) is 19.2. The van der Waals surface area contributed by atoms with Gasteiger partial charge in [0.2, 0.25) is 0 Å². The molecule has 0 saturated carbocycles. The Morgan fingerprint density at radius 3 is 1.42 bits per heavy atom. The molecule has 0 N–H and O–H groups in total. The number of nitriles is 2. The Bertz CT molecular complexity index is 3710. The number of furan rings is 2. The van der Waals surface area contributed by atoms with E-state index in [4.69, 9.17) is 8.83 Å². The summed E-state index contributed by atoms with van der Waals surface area (Å²) in [4.78, 5) is 0. The molecule has 0 fully saturated rings. The number of alkyl halides is 3. The van der Waals surface area contributed by atoms with Crippen molar-refractivity contribution in [3.63, 3.8) is 0 Å². The Labute approximate surface area is 337 Å². The maximum Gasteiger partial charge on any atom is 0.416 e. The van der Waals surface area contributed by atoms with E-state index in [0.717, 1.165) is 88.5 Å². The number of rotatable bonds is 3. The largest absolute Gasteiger partial charge is 0.456 e. The Hall–Kier alpha value is -8.27. The Morgan fingerprint density at radius 2 is 0.933 bits per heavy atom. The van der Waals surface area contributed by atoms with E-state index in [1.807, 2.05) is 149 Å². The summed E-state index contributed by atoms with van der Waals surface area (Å²) in [5, 5.41) is 29.3. The van der Waals surface area contributed by atoms with E-state index >= 15 is 0 Å². The van der Waals surface area contributed by atoms with E-state index in [2.05, 4.69) is 6.07 Å². The molecule has 0 spiro atoms. The zero-order valence-corrected chi connectivity index (χ0v) is 31.2. The van der Waals surface area contributed by atoms with Crippen molar-refractivity contribution in [1.82, 2.24) is 9.13 Å². The van der Waals surface area contributed by atoms with Gasteiger partial charge in [0.15, 0.2) is 0 Å². The predicted octanol–water partition coefficient (Wildman–Crippen LogP) is 14.1. The van der Waals surface area contributed by atoms with Gasteiger partial charge in [0, 0.05) is 43.1 Å². The van der Waals surface area contributed by atoms with Crippen molar-refractivity contribution >= 4 is 87.5 Å². The van der Waals surface area contributed by atoms with Gasteiger partial charge in [0.1, 0.15) is 34.0 Å². The first-order chi connectivity index (χ1) is 29.3. The number of hydrogen-bond donors (Lipinski definition) is 0. The van der Waals surface area contributed by atoms with E-state index in [9.17, 15) is 23.7 Å². The van der Waals surface area contributed by atoms with E-state index < -0.39 is 11.7 Å². The zero-order chi connectivity index (χ0) is 40.4. The van der Waals surface area contributed by atoms with Crippen LogP contribution in [0.15, 0.2) is 160 Å². The summed E-state index contributed by atoms with van der Waals surface area (Å²) in [6.07, 6.45) is -4.65. The second-order valence-electron chi connectivity index (χ2n) is 14.9. The molecule has 4 aromatic heterocycles. The van der Waals surface area contributed by atoms with Crippen molar-refractivity contribution in [2.45, 2.75) is 6.18 Å². The van der Waals surface area contributed by atoms with Crippen molar-refractivity contribution in [3.05, 3.63) is 168 Å². The summed E-state index contributed by atoms with van der Waals surface area (Å²) in [6, 6.07) is 50.9. The highest BCUT2D eigenvalue weighted by molar-refractivity contribution is 6.29. The number of benzene rings is 8. The summed E-state index contributed by atoms with van der Waals surface area (Å²) in [5.74, 6) is 0. The van der Waals surface area contributed by atoms with E-state index in [-0.39, 0.29) is 5.56 Å². The number of fused-ring (bicyclic) bond motifs is 14. The van der Waals surface area contributed by atoms with Gasteiger partial charge in [-0.15, -0.1) is 0 Å². The second kappa shape index (κ2) is 12.1. The smallest absolute Gasteiger partial charge is 0.416 e. The van der Waals surface area contributed by atoms with E-state index in [0.29, 0.717) is 39.2 Å². The normalized spacial score (nSPS) is 12.2. The Kier molecular flexibility index (Phi) is 6.84. The molecular formula is C51H25F3N4O2. The van der Waals surface area contributed by atoms with E-state index in [1.165, 1.54) is 6.07 Å². The Morgan fingerprint density at radius 1 is 0.450 bits per heavy atom. The summed E-state index contributed by atoms with van der Waals surface area (Å²) in [6.45, 7) is 0. The lowest BCUT2D eigenvalue weighted by atomic mass is 9.95. The minimum absolute atomic E-state index is 0.144. The van der Waals surface area contributed by atoms with Crippen LogP contribution in [0.4, 0.5) is 13.2 Å². The third-order valence-corrected chi connectivity index (χ3v) is 11.8. The van der Waals surface area contributed by atoms with Crippen molar-refractivity contribution < 1.29 is 22.0 Å². The summed E-state index contributed by atoms with van der Waals surface area (Å²) in [5.41, 5.74) is 7.16. The van der Waals surface area contributed by atoms with Crippen LogP contribution >= 0.6 is 0 Å². The fourth-order valence-corrected chi connectivity index (χ4v) is 9.37. The molecule has 0 aliphatic heterocycles. The van der Waals surface area contributed by atoms with Gasteiger partial charge in [0.05, 0.1) is 50.6 Å². The SMILES string of the molecule is N#Cc1cc(C(F)(F)F)ccc1-c1cc(-n2c3ccccc3c3c4c(ccc32)oc2ccccc24)c(C#N)c(-n2c3ccccc3c3c4c(ccc32)oc2ccccc24)c1. The topological polar surface area (TPSA) is 83.7 Å². The molecule has 9 heteroatoms. The molecule has 0 atom stereocenters. The standard InChI is InChI=1S/C51H25F3N4O2/c52-51(53,54)30-17-18-31(29(23-30)26-55)28-24-41(57-37-13-5-1-9-32(37)47-39(57)19-21-45-49(47)34-11-3-7-15-43(34)59-45)36(27-56)42(25-28)58-38-14-6-2-10-33(38)48-40(58)20-22-46-50(48)35-12-4-8-16-44(35)60-46/h1-25H. The molecular weight excluding hydrogens is 758 g/mol. The van der Waals surface area contributed by atoms with Gasteiger partial charge in [-0.2, -0.15) is 23.7 Å². The van der Waals surface area contributed by atoms with Crippen LogP contribution in [0.5, 0.6) is 0 Å². The number of halogens is 3. The first kappa shape index (κ1) is 33.8. The lowest BCUT2D eigenvalue weighted by molar-refractivity contribution is -0.137. The molecule has 0 amide bonds. The van der Waals surface area contributed by atoms with Crippen molar-refractivity contribution in [2.75, 3.05) is 0 Å². The zero-order valence-electron chi connectivity index (χ0n) is 31.2. The van der Waals surface area contributed by atoms with Gasteiger partial charge in [0.25, 0.3) is 0 Å². The average Bonchev–Trinajstić information content (AvgIpc) is 4.02. The summed E-state index contributed by atoms with van der Waals surface area (Å²) < 4.78 is 58.8.